The smallest absolute Gasteiger partial charge is 0.122 e. The molecule has 2 rings (SSSR count). The number of aryl methyl sites for hydroxylation is 2. The van der Waals surface area contributed by atoms with Crippen molar-refractivity contribution in [3.8, 4) is 5.75 Å². The van der Waals surface area contributed by atoms with Crippen molar-refractivity contribution in [2.75, 3.05) is 18.2 Å². The highest BCUT2D eigenvalue weighted by molar-refractivity contribution is 5.73. The Balaban J connectivity index is 2.28. The molecule has 3 heteroatoms. The average molecular weight is 256 g/mol. The van der Waals surface area contributed by atoms with E-state index in [-0.39, 0.29) is 0 Å². The molecule has 0 aromatic heterocycles. The van der Waals surface area contributed by atoms with Gasteiger partial charge < -0.3 is 15.8 Å². The summed E-state index contributed by atoms with van der Waals surface area (Å²) < 4.78 is 5.33. The molecular formula is C16H20N2O. The molecule has 0 aliphatic heterocycles. The van der Waals surface area contributed by atoms with E-state index in [9.17, 15) is 0 Å². The average Bonchev–Trinajstić information content (AvgIpc) is 2.41. The maximum absolute atomic E-state index is 6.01. The zero-order chi connectivity index (χ0) is 13.8. The molecule has 0 atom stereocenters. The van der Waals surface area contributed by atoms with Crippen LogP contribution in [0.4, 0.5) is 17.1 Å². The topological polar surface area (TPSA) is 47.3 Å². The first-order valence-corrected chi connectivity index (χ1v) is 6.44. The molecule has 0 amide bonds. The first-order valence-electron chi connectivity index (χ1n) is 6.44. The van der Waals surface area contributed by atoms with Gasteiger partial charge in [-0.2, -0.15) is 0 Å². The molecule has 3 nitrogen and oxygen atoms in total. The maximum Gasteiger partial charge on any atom is 0.122 e. The Kier molecular flexibility index (Phi) is 3.95. The molecule has 0 aliphatic carbocycles. The third-order valence-electron chi connectivity index (χ3n) is 3.15. The highest BCUT2D eigenvalue weighted by Gasteiger charge is 2.04. The van der Waals surface area contributed by atoms with Gasteiger partial charge >= 0.3 is 0 Å². The molecule has 0 radical (unpaired) electrons. The minimum Gasteiger partial charge on any atom is -0.496 e. The lowest BCUT2D eigenvalue weighted by Crippen LogP contribution is -1.98. The second-order valence-corrected chi connectivity index (χ2v) is 4.60. The van der Waals surface area contributed by atoms with Crippen molar-refractivity contribution in [1.29, 1.82) is 0 Å². The minimum absolute atomic E-state index is 0.758. The van der Waals surface area contributed by atoms with Crippen LogP contribution in [0, 0.1) is 6.92 Å². The third-order valence-corrected chi connectivity index (χ3v) is 3.15. The van der Waals surface area contributed by atoms with Gasteiger partial charge in [0.2, 0.25) is 0 Å². The Labute approximate surface area is 114 Å². The summed E-state index contributed by atoms with van der Waals surface area (Å²) in [6, 6.07) is 12.1. The number of anilines is 3. The minimum atomic E-state index is 0.758. The van der Waals surface area contributed by atoms with Crippen LogP contribution in [0.2, 0.25) is 0 Å². The second-order valence-electron chi connectivity index (χ2n) is 4.60. The van der Waals surface area contributed by atoms with E-state index in [1.54, 1.807) is 7.11 Å². The van der Waals surface area contributed by atoms with Gasteiger partial charge in [-0.05, 0) is 54.8 Å². The van der Waals surface area contributed by atoms with Gasteiger partial charge in [0.05, 0.1) is 18.5 Å². The van der Waals surface area contributed by atoms with E-state index in [0.29, 0.717) is 0 Å². The number of nitrogens with two attached hydrogens (primary N) is 1. The van der Waals surface area contributed by atoms with Crippen LogP contribution in [0.15, 0.2) is 36.4 Å². The van der Waals surface area contributed by atoms with Crippen LogP contribution in [-0.4, -0.2) is 7.11 Å². The normalized spacial score (nSPS) is 10.3. The van der Waals surface area contributed by atoms with Crippen LogP contribution in [0.3, 0.4) is 0 Å². The summed E-state index contributed by atoms with van der Waals surface area (Å²) in [7, 11) is 1.69. The van der Waals surface area contributed by atoms with Crippen molar-refractivity contribution in [1.82, 2.24) is 0 Å². The van der Waals surface area contributed by atoms with Gasteiger partial charge in [0, 0.05) is 5.69 Å². The van der Waals surface area contributed by atoms with Crippen molar-refractivity contribution in [3.05, 3.63) is 47.5 Å². The van der Waals surface area contributed by atoms with Crippen LogP contribution in [0.1, 0.15) is 18.1 Å². The molecule has 2 aromatic carbocycles. The standard InChI is InChI=1S/C16H20N2O/c1-4-12-10-13(6-8-16(12)19-3)18-15-7-5-11(2)9-14(15)17/h5-10,18H,4,17H2,1-3H3. The number of ether oxygens (including phenoxy) is 1. The zero-order valence-corrected chi connectivity index (χ0v) is 11.7. The number of methoxy groups -OCH3 is 1. The van der Waals surface area contributed by atoms with E-state index in [4.69, 9.17) is 10.5 Å². The number of nitrogen functional groups attached to an aromatic ring is 1. The molecule has 0 spiro atoms. The number of hydrogen-bond acceptors (Lipinski definition) is 3. The Bertz CT molecular complexity index is 579. The van der Waals surface area contributed by atoms with Crippen LogP contribution in [0.5, 0.6) is 5.75 Å². The third kappa shape index (κ3) is 2.99. The molecule has 0 aliphatic rings. The summed E-state index contributed by atoms with van der Waals surface area (Å²) in [5, 5.41) is 3.34. The van der Waals surface area contributed by atoms with Crippen molar-refractivity contribution in [3.63, 3.8) is 0 Å². The first-order chi connectivity index (χ1) is 9.13. The Morgan fingerprint density at radius 3 is 2.58 bits per heavy atom. The summed E-state index contributed by atoms with van der Waals surface area (Å²) in [5.41, 5.74) is 11.1. The predicted molar refractivity (Wildman–Crippen MR) is 81.2 cm³/mol. The number of benzene rings is 2. The lowest BCUT2D eigenvalue weighted by molar-refractivity contribution is 0.410. The molecule has 3 N–H and O–H groups in total. The van der Waals surface area contributed by atoms with E-state index in [2.05, 4.69) is 18.3 Å². The summed E-state index contributed by atoms with van der Waals surface area (Å²) in [6.45, 7) is 4.14. The molecule has 2 aromatic rings. The van der Waals surface area contributed by atoms with Crippen molar-refractivity contribution in [2.24, 2.45) is 0 Å². The lowest BCUT2D eigenvalue weighted by Gasteiger charge is -2.13. The van der Waals surface area contributed by atoms with Gasteiger partial charge in [-0.15, -0.1) is 0 Å². The van der Waals surface area contributed by atoms with E-state index in [1.807, 2.05) is 37.3 Å². The maximum atomic E-state index is 6.01. The molecule has 0 heterocycles. The SMILES string of the molecule is CCc1cc(Nc2ccc(C)cc2N)ccc1OC. The van der Waals surface area contributed by atoms with Crippen molar-refractivity contribution >= 4 is 17.1 Å². The molecule has 0 bridgehead atoms. The van der Waals surface area contributed by atoms with Crippen LogP contribution < -0.4 is 15.8 Å². The fourth-order valence-electron chi connectivity index (χ4n) is 2.08. The Hall–Kier alpha value is -2.16. The second kappa shape index (κ2) is 5.65. The summed E-state index contributed by atoms with van der Waals surface area (Å²) in [5.74, 6) is 0.921. The molecule has 0 saturated heterocycles. The molecule has 0 saturated carbocycles. The van der Waals surface area contributed by atoms with Crippen LogP contribution >= 0.6 is 0 Å². The van der Waals surface area contributed by atoms with Crippen molar-refractivity contribution in [2.45, 2.75) is 20.3 Å². The highest BCUT2D eigenvalue weighted by Crippen LogP contribution is 2.28. The van der Waals surface area contributed by atoms with Gasteiger partial charge in [-0.3, -0.25) is 0 Å². The van der Waals surface area contributed by atoms with E-state index >= 15 is 0 Å². The van der Waals surface area contributed by atoms with Gasteiger partial charge in [0.25, 0.3) is 0 Å². The largest absolute Gasteiger partial charge is 0.496 e. The summed E-state index contributed by atoms with van der Waals surface area (Å²) in [6.07, 6.45) is 0.933. The van der Waals surface area contributed by atoms with Crippen molar-refractivity contribution < 1.29 is 4.74 Å². The van der Waals surface area contributed by atoms with Gasteiger partial charge in [-0.25, -0.2) is 0 Å². The zero-order valence-electron chi connectivity index (χ0n) is 11.7. The van der Waals surface area contributed by atoms with E-state index < -0.39 is 0 Å². The van der Waals surface area contributed by atoms with E-state index in [1.165, 1.54) is 5.56 Å². The fraction of sp³-hybridized carbons (Fsp3) is 0.250. The molecule has 100 valence electrons. The quantitative estimate of drug-likeness (QED) is 0.816. The van der Waals surface area contributed by atoms with Gasteiger partial charge in [0.15, 0.2) is 0 Å². The molecule has 0 unspecified atom stereocenters. The molecule has 19 heavy (non-hydrogen) atoms. The monoisotopic (exact) mass is 256 g/mol. The predicted octanol–water partition coefficient (Wildman–Crippen LogP) is 3.89. The molecular weight excluding hydrogens is 236 g/mol. The highest BCUT2D eigenvalue weighted by atomic mass is 16.5. The van der Waals surface area contributed by atoms with Gasteiger partial charge in [-0.1, -0.05) is 13.0 Å². The Morgan fingerprint density at radius 2 is 1.95 bits per heavy atom. The Morgan fingerprint density at radius 1 is 1.16 bits per heavy atom. The lowest BCUT2D eigenvalue weighted by atomic mass is 10.1. The number of nitrogens with one attached hydrogen (secondary N) is 1. The fourth-order valence-corrected chi connectivity index (χ4v) is 2.08. The van der Waals surface area contributed by atoms with E-state index in [0.717, 1.165) is 34.8 Å². The summed E-state index contributed by atoms with van der Waals surface area (Å²) in [4.78, 5) is 0. The number of rotatable bonds is 4. The molecule has 0 fully saturated rings. The van der Waals surface area contributed by atoms with Crippen LogP contribution in [0.25, 0.3) is 0 Å². The summed E-state index contributed by atoms with van der Waals surface area (Å²) >= 11 is 0. The van der Waals surface area contributed by atoms with Crippen LogP contribution in [-0.2, 0) is 6.42 Å². The first kappa shape index (κ1) is 13.3. The number of hydrogen-bond donors (Lipinski definition) is 2. The van der Waals surface area contributed by atoms with Gasteiger partial charge in [0.1, 0.15) is 5.75 Å².